The molecular weight excluding hydrogens is 298 g/mol. The maximum absolute atomic E-state index is 5.92. The fraction of sp³-hybridized carbons (Fsp3) is 0.571. The Bertz CT molecular complexity index is 399. The van der Waals surface area contributed by atoms with Gasteiger partial charge in [-0.1, -0.05) is 47.4 Å². The van der Waals surface area contributed by atoms with Crippen LogP contribution in [0, 0.1) is 11.3 Å². The van der Waals surface area contributed by atoms with Gasteiger partial charge in [0.2, 0.25) is 0 Å². The SMILES string of the molecule is CC(C)C1(CNCc2ccc(Cl)cc2Br)CC1. The molecule has 3 heteroatoms. The van der Waals surface area contributed by atoms with Gasteiger partial charge in [-0.2, -0.15) is 0 Å². The van der Waals surface area contributed by atoms with Crippen molar-refractivity contribution in [2.45, 2.75) is 33.2 Å². The Morgan fingerprint density at radius 3 is 2.65 bits per heavy atom. The van der Waals surface area contributed by atoms with Gasteiger partial charge in [0.15, 0.2) is 0 Å². The van der Waals surface area contributed by atoms with Crippen molar-refractivity contribution in [1.82, 2.24) is 5.32 Å². The smallest absolute Gasteiger partial charge is 0.0417 e. The van der Waals surface area contributed by atoms with Crippen molar-refractivity contribution >= 4 is 27.5 Å². The molecule has 0 saturated heterocycles. The molecule has 17 heavy (non-hydrogen) atoms. The minimum atomic E-state index is 0.568. The summed E-state index contributed by atoms with van der Waals surface area (Å²) in [6, 6.07) is 5.97. The van der Waals surface area contributed by atoms with Crippen molar-refractivity contribution in [3.8, 4) is 0 Å². The highest BCUT2D eigenvalue weighted by Crippen LogP contribution is 2.51. The van der Waals surface area contributed by atoms with E-state index in [-0.39, 0.29) is 0 Å². The lowest BCUT2D eigenvalue weighted by atomic mass is 9.92. The van der Waals surface area contributed by atoms with E-state index in [1.807, 2.05) is 12.1 Å². The molecule has 1 nitrogen and oxygen atoms in total. The fourth-order valence-electron chi connectivity index (χ4n) is 2.23. The van der Waals surface area contributed by atoms with Gasteiger partial charge in [0.1, 0.15) is 0 Å². The molecule has 0 heterocycles. The molecule has 0 atom stereocenters. The quantitative estimate of drug-likeness (QED) is 0.835. The van der Waals surface area contributed by atoms with E-state index in [2.05, 4.69) is 41.2 Å². The van der Waals surface area contributed by atoms with Crippen LogP contribution in [0.25, 0.3) is 0 Å². The van der Waals surface area contributed by atoms with Crippen LogP contribution in [-0.2, 0) is 6.54 Å². The van der Waals surface area contributed by atoms with Crippen LogP contribution in [0.4, 0.5) is 0 Å². The van der Waals surface area contributed by atoms with Crippen molar-refractivity contribution in [3.63, 3.8) is 0 Å². The van der Waals surface area contributed by atoms with E-state index in [1.165, 1.54) is 18.4 Å². The predicted molar refractivity (Wildman–Crippen MR) is 77.4 cm³/mol. The first kappa shape index (κ1) is 13.4. The van der Waals surface area contributed by atoms with Gasteiger partial charge < -0.3 is 5.32 Å². The van der Waals surface area contributed by atoms with Gasteiger partial charge >= 0.3 is 0 Å². The molecule has 0 radical (unpaired) electrons. The largest absolute Gasteiger partial charge is 0.312 e. The number of hydrogen-bond donors (Lipinski definition) is 1. The van der Waals surface area contributed by atoms with Crippen LogP contribution >= 0.6 is 27.5 Å². The predicted octanol–water partition coefficient (Wildman–Crippen LogP) is 4.63. The molecule has 0 bridgehead atoms. The first-order valence-corrected chi connectivity index (χ1v) is 7.35. The molecule has 1 N–H and O–H groups in total. The van der Waals surface area contributed by atoms with Crippen molar-refractivity contribution in [1.29, 1.82) is 0 Å². The summed E-state index contributed by atoms with van der Waals surface area (Å²) in [7, 11) is 0. The third kappa shape index (κ3) is 3.24. The number of rotatable bonds is 5. The second-order valence-electron chi connectivity index (χ2n) is 5.36. The summed E-state index contributed by atoms with van der Waals surface area (Å²) in [5.74, 6) is 0.781. The van der Waals surface area contributed by atoms with Crippen LogP contribution in [-0.4, -0.2) is 6.54 Å². The van der Waals surface area contributed by atoms with E-state index in [1.54, 1.807) is 0 Å². The molecule has 1 aromatic rings. The third-order valence-corrected chi connectivity index (χ3v) is 4.90. The average Bonchev–Trinajstić information content (AvgIpc) is 3.02. The second kappa shape index (κ2) is 5.29. The number of nitrogens with one attached hydrogen (secondary N) is 1. The van der Waals surface area contributed by atoms with Crippen LogP contribution in [0.3, 0.4) is 0 Å². The van der Waals surface area contributed by atoms with Crippen LogP contribution in [0.2, 0.25) is 5.02 Å². The summed E-state index contributed by atoms with van der Waals surface area (Å²) < 4.78 is 1.09. The molecule has 0 spiro atoms. The van der Waals surface area contributed by atoms with Gasteiger partial charge in [-0.05, 0) is 41.9 Å². The van der Waals surface area contributed by atoms with Gasteiger partial charge in [0.25, 0.3) is 0 Å². The summed E-state index contributed by atoms with van der Waals surface area (Å²) >= 11 is 9.47. The molecular formula is C14H19BrClN. The molecule has 94 valence electrons. The van der Waals surface area contributed by atoms with E-state index in [0.29, 0.717) is 5.41 Å². The van der Waals surface area contributed by atoms with Crippen LogP contribution in [0.5, 0.6) is 0 Å². The van der Waals surface area contributed by atoms with Crippen molar-refractivity contribution in [3.05, 3.63) is 33.3 Å². The zero-order valence-corrected chi connectivity index (χ0v) is 12.7. The normalized spacial score (nSPS) is 17.5. The van der Waals surface area contributed by atoms with E-state index in [9.17, 15) is 0 Å². The molecule has 1 fully saturated rings. The van der Waals surface area contributed by atoms with E-state index >= 15 is 0 Å². The Labute approximate surface area is 117 Å². The standard InChI is InChI=1S/C14H19BrClN/c1-10(2)14(5-6-14)9-17-8-11-3-4-12(16)7-13(11)15/h3-4,7,10,17H,5-6,8-9H2,1-2H3. The molecule has 0 aliphatic heterocycles. The minimum absolute atomic E-state index is 0.568. The van der Waals surface area contributed by atoms with Gasteiger partial charge in [-0.3, -0.25) is 0 Å². The number of hydrogen-bond acceptors (Lipinski definition) is 1. The maximum Gasteiger partial charge on any atom is 0.0417 e. The zero-order valence-electron chi connectivity index (χ0n) is 10.4. The number of halogens is 2. The van der Waals surface area contributed by atoms with E-state index in [0.717, 1.165) is 28.5 Å². The van der Waals surface area contributed by atoms with Crippen molar-refractivity contribution in [2.24, 2.45) is 11.3 Å². The molecule has 0 amide bonds. The number of benzene rings is 1. The Morgan fingerprint density at radius 1 is 1.41 bits per heavy atom. The monoisotopic (exact) mass is 315 g/mol. The Balaban J connectivity index is 1.86. The summed E-state index contributed by atoms with van der Waals surface area (Å²) in [6.45, 7) is 6.69. The van der Waals surface area contributed by atoms with Crippen LogP contribution < -0.4 is 5.32 Å². The second-order valence-corrected chi connectivity index (χ2v) is 6.65. The summed E-state index contributed by atoms with van der Waals surface area (Å²) in [5.41, 5.74) is 1.84. The molecule has 2 rings (SSSR count). The molecule has 1 aliphatic carbocycles. The lowest BCUT2D eigenvalue weighted by Gasteiger charge is -2.20. The van der Waals surface area contributed by atoms with Crippen LogP contribution in [0.1, 0.15) is 32.3 Å². The van der Waals surface area contributed by atoms with Gasteiger partial charge in [0, 0.05) is 22.6 Å². The summed E-state index contributed by atoms with van der Waals surface area (Å²) in [5, 5.41) is 4.35. The van der Waals surface area contributed by atoms with Crippen molar-refractivity contribution < 1.29 is 0 Å². The molecule has 0 aromatic heterocycles. The molecule has 0 unspecified atom stereocenters. The Kier molecular flexibility index (Phi) is 4.17. The molecule has 1 aromatic carbocycles. The van der Waals surface area contributed by atoms with Crippen LogP contribution in [0.15, 0.2) is 22.7 Å². The molecule has 1 saturated carbocycles. The lowest BCUT2D eigenvalue weighted by molar-refractivity contribution is 0.337. The zero-order chi connectivity index (χ0) is 12.5. The Hall–Kier alpha value is -0.0500. The fourth-order valence-corrected chi connectivity index (χ4v) is 3.05. The lowest BCUT2D eigenvalue weighted by Crippen LogP contribution is -2.27. The van der Waals surface area contributed by atoms with Gasteiger partial charge in [-0.25, -0.2) is 0 Å². The minimum Gasteiger partial charge on any atom is -0.312 e. The van der Waals surface area contributed by atoms with Gasteiger partial charge in [-0.15, -0.1) is 0 Å². The van der Waals surface area contributed by atoms with Crippen molar-refractivity contribution in [2.75, 3.05) is 6.54 Å². The first-order chi connectivity index (χ1) is 8.03. The highest BCUT2D eigenvalue weighted by Gasteiger charge is 2.44. The first-order valence-electron chi connectivity index (χ1n) is 6.18. The van der Waals surface area contributed by atoms with Gasteiger partial charge in [0.05, 0.1) is 0 Å². The maximum atomic E-state index is 5.92. The topological polar surface area (TPSA) is 12.0 Å². The van der Waals surface area contributed by atoms with E-state index < -0.39 is 0 Å². The highest BCUT2D eigenvalue weighted by atomic mass is 79.9. The Morgan fingerprint density at radius 2 is 2.12 bits per heavy atom. The molecule has 1 aliphatic rings. The average molecular weight is 317 g/mol. The highest BCUT2D eigenvalue weighted by molar-refractivity contribution is 9.10. The summed E-state index contributed by atoms with van der Waals surface area (Å²) in [4.78, 5) is 0. The third-order valence-electron chi connectivity index (χ3n) is 3.92. The van der Waals surface area contributed by atoms with E-state index in [4.69, 9.17) is 11.6 Å². The summed E-state index contributed by atoms with van der Waals surface area (Å²) in [6.07, 6.45) is 2.75.